The summed E-state index contributed by atoms with van der Waals surface area (Å²) in [5.74, 6) is 0.823. The van der Waals surface area contributed by atoms with Crippen LogP contribution in [0.3, 0.4) is 0 Å². The lowest BCUT2D eigenvalue weighted by Crippen LogP contribution is -2.41. The quantitative estimate of drug-likeness (QED) is 0.795. The van der Waals surface area contributed by atoms with Gasteiger partial charge in [-0.05, 0) is 37.1 Å². The van der Waals surface area contributed by atoms with E-state index in [0.717, 1.165) is 30.9 Å². The zero-order chi connectivity index (χ0) is 18.8. The number of carbonyl (C=O) groups is 2. The van der Waals surface area contributed by atoms with Crippen LogP contribution in [0.1, 0.15) is 47.0 Å². The van der Waals surface area contributed by atoms with Gasteiger partial charge < -0.3 is 15.0 Å². The Morgan fingerprint density at radius 2 is 2.15 bits per heavy atom. The number of methoxy groups -OCH3 is 1. The first-order valence-electron chi connectivity index (χ1n) is 9.19. The smallest absolute Gasteiger partial charge is 0.350 e. The van der Waals surface area contributed by atoms with E-state index < -0.39 is 5.97 Å². The molecule has 7 nitrogen and oxygen atoms in total. The average Bonchev–Trinajstić information content (AvgIpc) is 3.47. The molecule has 0 spiro atoms. The van der Waals surface area contributed by atoms with E-state index in [2.05, 4.69) is 26.3 Å². The first-order chi connectivity index (χ1) is 13.2. The number of thiophene rings is 1. The third kappa shape index (κ3) is 3.95. The SMILES string of the molecule is COC(=O)c1sccc1NC(=O)C1CCCN(c2cc(C3CC3)ncn2)C1. The Kier molecular flexibility index (Phi) is 5.07. The number of ether oxygens (including phenoxy) is 1. The number of aromatic nitrogens is 2. The summed E-state index contributed by atoms with van der Waals surface area (Å²) in [7, 11) is 1.34. The maximum Gasteiger partial charge on any atom is 0.350 e. The van der Waals surface area contributed by atoms with Gasteiger partial charge in [-0.1, -0.05) is 0 Å². The van der Waals surface area contributed by atoms with E-state index in [1.807, 2.05) is 0 Å². The Hall–Kier alpha value is -2.48. The highest BCUT2D eigenvalue weighted by atomic mass is 32.1. The van der Waals surface area contributed by atoms with Crippen LogP contribution in [-0.2, 0) is 9.53 Å². The van der Waals surface area contributed by atoms with Gasteiger partial charge in [-0.2, -0.15) is 0 Å². The maximum absolute atomic E-state index is 12.8. The van der Waals surface area contributed by atoms with Crippen LogP contribution in [0.25, 0.3) is 0 Å². The molecule has 0 aromatic carbocycles. The van der Waals surface area contributed by atoms with Gasteiger partial charge in [0.15, 0.2) is 0 Å². The van der Waals surface area contributed by atoms with Gasteiger partial charge in [0.05, 0.1) is 18.7 Å². The molecule has 2 fully saturated rings. The summed E-state index contributed by atoms with van der Waals surface area (Å²) in [6.45, 7) is 1.50. The predicted molar refractivity (Wildman–Crippen MR) is 103 cm³/mol. The minimum absolute atomic E-state index is 0.0697. The molecule has 1 aliphatic carbocycles. The molecule has 1 saturated heterocycles. The minimum atomic E-state index is -0.431. The second kappa shape index (κ2) is 7.64. The van der Waals surface area contributed by atoms with E-state index >= 15 is 0 Å². The lowest BCUT2D eigenvalue weighted by atomic mass is 9.97. The Bertz CT molecular complexity index is 849. The normalized spacial score (nSPS) is 19.6. The number of amides is 1. The molecule has 1 unspecified atom stereocenters. The molecule has 27 heavy (non-hydrogen) atoms. The summed E-state index contributed by atoms with van der Waals surface area (Å²) in [6, 6.07) is 3.80. The van der Waals surface area contributed by atoms with Gasteiger partial charge in [0, 0.05) is 30.8 Å². The van der Waals surface area contributed by atoms with Crippen LogP contribution in [0.4, 0.5) is 11.5 Å². The van der Waals surface area contributed by atoms with Gasteiger partial charge in [0.1, 0.15) is 17.0 Å². The maximum atomic E-state index is 12.8. The summed E-state index contributed by atoms with van der Waals surface area (Å²) >= 11 is 1.26. The van der Waals surface area contributed by atoms with Gasteiger partial charge in [0.2, 0.25) is 5.91 Å². The van der Waals surface area contributed by atoms with E-state index in [4.69, 9.17) is 4.74 Å². The monoisotopic (exact) mass is 386 g/mol. The Balaban J connectivity index is 1.43. The molecular weight excluding hydrogens is 364 g/mol. The zero-order valence-corrected chi connectivity index (χ0v) is 16.0. The molecule has 1 N–H and O–H groups in total. The second-order valence-corrected chi connectivity index (χ2v) is 7.92. The third-order valence-corrected chi connectivity index (χ3v) is 5.97. The van der Waals surface area contributed by atoms with Crippen LogP contribution in [0.2, 0.25) is 0 Å². The van der Waals surface area contributed by atoms with E-state index in [1.165, 1.54) is 31.3 Å². The minimum Gasteiger partial charge on any atom is -0.465 e. The number of nitrogens with zero attached hydrogens (tertiary/aromatic N) is 3. The van der Waals surface area contributed by atoms with Crippen molar-refractivity contribution in [1.29, 1.82) is 0 Å². The second-order valence-electron chi connectivity index (χ2n) is 7.00. The largest absolute Gasteiger partial charge is 0.465 e. The molecule has 1 saturated carbocycles. The molecule has 4 rings (SSSR count). The number of hydrogen-bond acceptors (Lipinski definition) is 7. The van der Waals surface area contributed by atoms with E-state index in [0.29, 0.717) is 23.0 Å². The molecule has 2 aliphatic rings. The molecule has 8 heteroatoms. The van der Waals surface area contributed by atoms with Crippen LogP contribution in [0, 0.1) is 5.92 Å². The van der Waals surface area contributed by atoms with Gasteiger partial charge >= 0.3 is 5.97 Å². The van der Waals surface area contributed by atoms with Crippen molar-refractivity contribution in [2.45, 2.75) is 31.6 Å². The highest BCUT2D eigenvalue weighted by molar-refractivity contribution is 7.12. The molecule has 0 radical (unpaired) electrons. The average molecular weight is 386 g/mol. The van der Waals surface area contributed by atoms with Crippen molar-refractivity contribution in [3.05, 3.63) is 34.4 Å². The van der Waals surface area contributed by atoms with Crippen LogP contribution in [0.15, 0.2) is 23.8 Å². The number of anilines is 2. The highest BCUT2D eigenvalue weighted by Crippen LogP contribution is 2.39. The standard InChI is InChI=1S/C19H22N4O3S/c1-26-19(25)17-14(6-8-27-17)22-18(24)13-3-2-7-23(10-13)16-9-15(12-4-5-12)20-11-21-16/h6,8-9,11-13H,2-5,7,10H2,1H3,(H,22,24). The van der Waals surface area contributed by atoms with E-state index in [9.17, 15) is 9.59 Å². The molecule has 2 aromatic rings. The van der Waals surface area contributed by atoms with Crippen LogP contribution < -0.4 is 10.2 Å². The fourth-order valence-electron chi connectivity index (χ4n) is 3.43. The van der Waals surface area contributed by atoms with Crippen molar-refractivity contribution < 1.29 is 14.3 Å². The molecule has 1 atom stereocenters. The molecule has 1 aliphatic heterocycles. The van der Waals surface area contributed by atoms with Crippen LogP contribution >= 0.6 is 11.3 Å². The Morgan fingerprint density at radius 3 is 2.93 bits per heavy atom. The molecule has 0 bridgehead atoms. The number of piperidine rings is 1. The first kappa shape index (κ1) is 17.9. The van der Waals surface area contributed by atoms with Crippen molar-refractivity contribution in [1.82, 2.24) is 9.97 Å². The van der Waals surface area contributed by atoms with Gasteiger partial charge in [0.25, 0.3) is 0 Å². The summed E-state index contributed by atoms with van der Waals surface area (Å²) in [6.07, 6.45) is 5.77. The van der Waals surface area contributed by atoms with Crippen molar-refractivity contribution in [2.24, 2.45) is 5.92 Å². The molecule has 3 heterocycles. The van der Waals surface area contributed by atoms with Crippen molar-refractivity contribution in [3.8, 4) is 0 Å². The van der Waals surface area contributed by atoms with Gasteiger partial charge in [-0.3, -0.25) is 4.79 Å². The molecular formula is C19H22N4O3S. The molecule has 2 aromatic heterocycles. The fourth-order valence-corrected chi connectivity index (χ4v) is 4.20. The zero-order valence-electron chi connectivity index (χ0n) is 15.2. The summed E-state index contributed by atoms with van der Waals surface area (Å²) in [5.41, 5.74) is 1.62. The predicted octanol–water partition coefficient (Wildman–Crippen LogP) is 3.06. The number of nitrogens with one attached hydrogen (secondary N) is 1. The van der Waals surface area contributed by atoms with E-state index in [1.54, 1.807) is 17.8 Å². The van der Waals surface area contributed by atoms with Crippen molar-refractivity contribution in [2.75, 3.05) is 30.4 Å². The van der Waals surface area contributed by atoms with Gasteiger partial charge in [-0.25, -0.2) is 14.8 Å². The van der Waals surface area contributed by atoms with Crippen molar-refractivity contribution >= 4 is 34.7 Å². The molecule has 142 valence electrons. The summed E-state index contributed by atoms with van der Waals surface area (Å²) in [4.78, 5) is 35.9. The Morgan fingerprint density at radius 1 is 1.30 bits per heavy atom. The first-order valence-corrected chi connectivity index (χ1v) is 10.1. The molecule has 1 amide bonds. The highest BCUT2D eigenvalue weighted by Gasteiger charge is 2.29. The Labute approximate surface area is 161 Å². The number of rotatable bonds is 5. The lowest BCUT2D eigenvalue weighted by Gasteiger charge is -2.33. The van der Waals surface area contributed by atoms with Crippen molar-refractivity contribution in [3.63, 3.8) is 0 Å². The number of carbonyl (C=O) groups excluding carboxylic acids is 2. The summed E-state index contributed by atoms with van der Waals surface area (Å²) < 4.78 is 4.77. The van der Waals surface area contributed by atoms with Gasteiger partial charge in [-0.15, -0.1) is 11.3 Å². The summed E-state index contributed by atoms with van der Waals surface area (Å²) in [5, 5.41) is 4.67. The lowest BCUT2D eigenvalue weighted by molar-refractivity contribution is -0.120. The van der Waals surface area contributed by atoms with Crippen LogP contribution in [-0.4, -0.2) is 42.0 Å². The topological polar surface area (TPSA) is 84.4 Å². The van der Waals surface area contributed by atoms with Crippen LogP contribution in [0.5, 0.6) is 0 Å². The number of hydrogen-bond donors (Lipinski definition) is 1. The third-order valence-electron chi connectivity index (χ3n) is 5.08. The number of esters is 1. The van der Waals surface area contributed by atoms with E-state index in [-0.39, 0.29) is 11.8 Å². The fraction of sp³-hybridized carbons (Fsp3) is 0.474.